The van der Waals surface area contributed by atoms with Gasteiger partial charge in [-0.05, 0) is 20.5 Å². The maximum Gasteiger partial charge on any atom is 0.0348 e. The first-order valence-electron chi connectivity index (χ1n) is 4.86. The summed E-state index contributed by atoms with van der Waals surface area (Å²) in [6, 6.07) is 1.29. The molecule has 1 rings (SSSR count). The molecule has 72 valence electrons. The maximum absolute atomic E-state index is 3.55. The fourth-order valence-electron chi connectivity index (χ4n) is 1.96. The number of nitrogens with zero attached hydrogens (tertiary/aromatic N) is 1. The molecule has 2 N–H and O–H groups in total. The van der Waals surface area contributed by atoms with Crippen LogP contribution in [0.2, 0.25) is 0 Å². The highest BCUT2D eigenvalue weighted by Crippen LogP contribution is 2.05. The van der Waals surface area contributed by atoms with Gasteiger partial charge in [0.2, 0.25) is 0 Å². The largest absolute Gasteiger partial charge is 0.314 e. The number of hydrogen-bond donors (Lipinski definition) is 2. The lowest BCUT2D eigenvalue weighted by molar-refractivity contribution is 0.205. The van der Waals surface area contributed by atoms with Crippen molar-refractivity contribution in [2.75, 3.05) is 33.7 Å². The Hall–Kier alpha value is -0.120. The van der Waals surface area contributed by atoms with Crippen LogP contribution in [0.1, 0.15) is 13.3 Å². The third-order valence-corrected chi connectivity index (χ3v) is 2.62. The van der Waals surface area contributed by atoms with E-state index in [4.69, 9.17) is 0 Å². The third kappa shape index (κ3) is 2.44. The smallest absolute Gasteiger partial charge is 0.0348 e. The van der Waals surface area contributed by atoms with Crippen LogP contribution in [0.15, 0.2) is 0 Å². The molecule has 1 aliphatic heterocycles. The van der Waals surface area contributed by atoms with Crippen LogP contribution in [0, 0.1) is 0 Å². The number of nitrogens with one attached hydrogen (secondary N) is 2. The Morgan fingerprint density at radius 2 is 2.17 bits per heavy atom. The molecule has 2 unspecified atom stereocenters. The van der Waals surface area contributed by atoms with E-state index in [9.17, 15) is 0 Å². The van der Waals surface area contributed by atoms with E-state index in [1.807, 2.05) is 0 Å². The molecule has 1 aliphatic rings. The van der Waals surface area contributed by atoms with E-state index in [1.54, 1.807) is 0 Å². The summed E-state index contributed by atoms with van der Waals surface area (Å²) < 4.78 is 0. The van der Waals surface area contributed by atoms with Gasteiger partial charge in [0.05, 0.1) is 0 Å². The van der Waals surface area contributed by atoms with Crippen LogP contribution < -0.4 is 10.6 Å². The highest BCUT2D eigenvalue weighted by atomic mass is 15.2. The summed E-state index contributed by atoms with van der Waals surface area (Å²) in [5, 5.41) is 6.96. The Morgan fingerprint density at radius 3 is 2.58 bits per heavy atom. The van der Waals surface area contributed by atoms with Crippen LogP contribution in [-0.2, 0) is 0 Å². The summed E-state index contributed by atoms with van der Waals surface area (Å²) in [7, 11) is 4.31. The quantitative estimate of drug-likeness (QED) is 0.620. The van der Waals surface area contributed by atoms with Crippen molar-refractivity contribution in [1.29, 1.82) is 0 Å². The summed E-state index contributed by atoms with van der Waals surface area (Å²) >= 11 is 0. The van der Waals surface area contributed by atoms with Gasteiger partial charge in [-0.3, -0.25) is 0 Å². The van der Waals surface area contributed by atoms with Gasteiger partial charge in [0.25, 0.3) is 0 Å². The zero-order valence-corrected chi connectivity index (χ0v) is 8.43. The van der Waals surface area contributed by atoms with E-state index in [-0.39, 0.29) is 0 Å². The van der Waals surface area contributed by atoms with Gasteiger partial charge in [0, 0.05) is 31.7 Å². The lowest BCUT2D eigenvalue weighted by atomic mass is 10.0. The Morgan fingerprint density at radius 1 is 1.42 bits per heavy atom. The van der Waals surface area contributed by atoms with Crippen LogP contribution in [0.5, 0.6) is 0 Å². The minimum Gasteiger partial charge on any atom is -0.314 e. The first kappa shape index (κ1) is 9.96. The summed E-state index contributed by atoms with van der Waals surface area (Å²) in [6.07, 6.45) is 1.21. The van der Waals surface area contributed by atoms with Crippen molar-refractivity contribution in [3.05, 3.63) is 0 Å². The molecule has 0 amide bonds. The van der Waals surface area contributed by atoms with Crippen LogP contribution in [0.3, 0.4) is 0 Å². The van der Waals surface area contributed by atoms with Gasteiger partial charge in [-0.1, -0.05) is 6.92 Å². The standard InChI is InChI=1S/C9H21N3/c1-4-9(12(2)3)8-7-10-5-6-11-8/h8-11H,4-7H2,1-3H3. The van der Waals surface area contributed by atoms with Crippen LogP contribution in [0.25, 0.3) is 0 Å². The number of rotatable bonds is 3. The van der Waals surface area contributed by atoms with Crippen molar-refractivity contribution in [1.82, 2.24) is 15.5 Å². The number of likely N-dealkylation sites (N-methyl/N-ethyl adjacent to an activating group) is 1. The fraction of sp³-hybridized carbons (Fsp3) is 1.00. The van der Waals surface area contributed by atoms with Gasteiger partial charge in [-0.15, -0.1) is 0 Å². The van der Waals surface area contributed by atoms with E-state index in [1.165, 1.54) is 6.42 Å². The highest BCUT2D eigenvalue weighted by Gasteiger charge is 2.22. The Kier molecular flexibility index (Phi) is 3.98. The molecule has 0 spiro atoms. The Labute approximate surface area is 75.5 Å². The molecular weight excluding hydrogens is 150 g/mol. The molecule has 0 aromatic rings. The Bertz CT molecular complexity index is 119. The van der Waals surface area contributed by atoms with Gasteiger partial charge < -0.3 is 15.5 Å². The molecule has 0 radical (unpaired) electrons. The minimum atomic E-state index is 0.624. The number of hydrogen-bond acceptors (Lipinski definition) is 3. The zero-order valence-electron chi connectivity index (χ0n) is 8.43. The van der Waals surface area contributed by atoms with Crippen LogP contribution in [-0.4, -0.2) is 50.7 Å². The summed E-state index contributed by atoms with van der Waals surface area (Å²) in [5.41, 5.74) is 0. The average molecular weight is 171 g/mol. The molecule has 0 aromatic heterocycles. The first-order chi connectivity index (χ1) is 5.75. The van der Waals surface area contributed by atoms with Crippen molar-refractivity contribution in [3.8, 4) is 0 Å². The van der Waals surface area contributed by atoms with Crippen LogP contribution >= 0.6 is 0 Å². The molecule has 3 heteroatoms. The van der Waals surface area contributed by atoms with Gasteiger partial charge >= 0.3 is 0 Å². The van der Waals surface area contributed by atoms with Crippen molar-refractivity contribution in [2.45, 2.75) is 25.4 Å². The summed E-state index contributed by atoms with van der Waals surface area (Å²) in [4.78, 5) is 2.31. The topological polar surface area (TPSA) is 27.3 Å². The predicted molar refractivity (Wildman–Crippen MR) is 52.4 cm³/mol. The molecule has 3 nitrogen and oxygen atoms in total. The van der Waals surface area contributed by atoms with Crippen molar-refractivity contribution in [2.24, 2.45) is 0 Å². The van der Waals surface area contributed by atoms with E-state index < -0.39 is 0 Å². The molecule has 0 aromatic carbocycles. The van der Waals surface area contributed by atoms with Crippen molar-refractivity contribution >= 4 is 0 Å². The molecular formula is C9H21N3. The summed E-state index contributed by atoms with van der Waals surface area (Å²) in [6.45, 7) is 5.58. The second kappa shape index (κ2) is 4.80. The average Bonchev–Trinajstić information content (AvgIpc) is 2.07. The van der Waals surface area contributed by atoms with Crippen molar-refractivity contribution in [3.63, 3.8) is 0 Å². The van der Waals surface area contributed by atoms with E-state index in [0.29, 0.717) is 12.1 Å². The molecule has 12 heavy (non-hydrogen) atoms. The molecule has 1 heterocycles. The predicted octanol–water partition coefficient (Wildman–Crippen LogP) is -0.112. The van der Waals surface area contributed by atoms with Crippen LogP contribution in [0.4, 0.5) is 0 Å². The highest BCUT2D eigenvalue weighted by molar-refractivity contribution is 4.85. The van der Waals surface area contributed by atoms with E-state index >= 15 is 0 Å². The molecule has 1 fully saturated rings. The van der Waals surface area contributed by atoms with Gasteiger partial charge in [-0.2, -0.15) is 0 Å². The van der Waals surface area contributed by atoms with Gasteiger partial charge in [-0.25, -0.2) is 0 Å². The molecule has 0 bridgehead atoms. The van der Waals surface area contributed by atoms with Gasteiger partial charge in [0.1, 0.15) is 0 Å². The SMILES string of the molecule is CCC(C1CNCCN1)N(C)C. The number of piperazine rings is 1. The Balaban J connectivity index is 2.40. The molecule has 0 saturated carbocycles. The minimum absolute atomic E-state index is 0.624. The lowest BCUT2D eigenvalue weighted by Gasteiger charge is -2.35. The maximum atomic E-state index is 3.55. The fourth-order valence-corrected chi connectivity index (χ4v) is 1.96. The normalized spacial score (nSPS) is 27.5. The zero-order chi connectivity index (χ0) is 8.97. The second-order valence-corrected chi connectivity index (χ2v) is 3.70. The second-order valence-electron chi connectivity index (χ2n) is 3.70. The van der Waals surface area contributed by atoms with E-state index in [2.05, 4.69) is 36.6 Å². The molecule has 2 atom stereocenters. The van der Waals surface area contributed by atoms with Crippen molar-refractivity contribution < 1.29 is 0 Å². The monoisotopic (exact) mass is 171 g/mol. The molecule has 1 saturated heterocycles. The van der Waals surface area contributed by atoms with Gasteiger partial charge in [0.15, 0.2) is 0 Å². The lowest BCUT2D eigenvalue weighted by Crippen LogP contribution is -2.57. The first-order valence-corrected chi connectivity index (χ1v) is 4.86. The summed E-state index contributed by atoms with van der Waals surface area (Å²) in [5.74, 6) is 0. The molecule has 0 aliphatic carbocycles. The third-order valence-electron chi connectivity index (χ3n) is 2.62. The van der Waals surface area contributed by atoms with E-state index in [0.717, 1.165) is 19.6 Å².